The topological polar surface area (TPSA) is 46.2 Å². The second-order valence-corrected chi connectivity index (χ2v) is 8.08. The van der Waals surface area contributed by atoms with Crippen LogP contribution < -0.4 is 5.32 Å². The van der Waals surface area contributed by atoms with Gasteiger partial charge in [0.05, 0.1) is 11.5 Å². The lowest BCUT2D eigenvalue weighted by Crippen LogP contribution is -2.37. The first-order chi connectivity index (χ1) is 9.14. The summed E-state index contributed by atoms with van der Waals surface area (Å²) >= 11 is 0. The second-order valence-electron chi connectivity index (χ2n) is 5.78. The Balaban J connectivity index is 1.58. The van der Waals surface area contributed by atoms with Gasteiger partial charge >= 0.3 is 0 Å². The highest BCUT2D eigenvalue weighted by atomic mass is 32.2. The maximum atomic E-state index is 11.4. The van der Waals surface area contributed by atoms with Gasteiger partial charge < -0.3 is 5.32 Å². The summed E-state index contributed by atoms with van der Waals surface area (Å²) in [6.07, 6.45) is 4.15. The molecule has 0 radical (unpaired) electrons. The molecule has 3 nitrogen and oxygen atoms in total. The summed E-state index contributed by atoms with van der Waals surface area (Å²) in [5.74, 6) is 1.45. The van der Waals surface area contributed by atoms with E-state index >= 15 is 0 Å². The van der Waals surface area contributed by atoms with E-state index in [0.717, 1.165) is 25.3 Å². The standard InChI is InChI=1S/C15H21NO2S/c17-19(18)9-7-14(8-10-19)16-11-13-3-1-2-4-15(13)12-5-6-12/h1-4,12,14,16H,5-11H2. The fourth-order valence-electron chi connectivity index (χ4n) is 2.84. The molecule has 1 saturated carbocycles. The third kappa shape index (κ3) is 3.37. The number of hydrogen-bond donors (Lipinski definition) is 1. The van der Waals surface area contributed by atoms with Crippen molar-refractivity contribution in [3.63, 3.8) is 0 Å². The molecule has 104 valence electrons. The van der Waals surface area contributed by atoms with Crippen molar-refractivity contribution in [2.45, 2.75) is 44.2 Å². The Morgan fingerprint density at radius 3 is 2.42 bits per heavy atom. The summed E-state index contributed by atoms with van der Waals surface area (Å²) in [5.41, 5.74) is 2.87. The van der Waals surface area contributed by atoms with Crippen molar-refractivity contribution in [2.24, 2.45) is 0 Å². The van der Waals surface area contributed by atoms with Crippen molar-refractivity contribution in [3.05, 3.63) is 35.4 Å². The zero-order valence-electron chi connectivity index (χ0n) is 11.1. The Morgan fingerprint density at radius 2 is 1.74 bits per heavy atom. The highest BCUT2D eigenvalue weighted by Crippen LogP contribution is 2.41. The van der Waals surface area contributed by atoms with E-state index in [1.54, 1.807) is 0 Å². The lowest BCUT2D eigenvalue weighted by Gasteiger charge is -2.23. The summed E-state index contributed by atoms with van der Waals surface area (Å²) in [6, 6.07) is 8.99. The van der Waals surface area contributed by atoms with Crippen molar-refractivity contribution in [2.75, 3.05) is 11.5 Å². The zero-order chi connectivity index (χ0) is 13.3. The molecule has 0 aromatic heterocycles. The van der Waals surface area contributed by atoms with E-state index in [2.05, 4.69) is 29.6 Å². The van der Waals surface area contributed by atoms with E-state index in [-0.39, 0.29) is 0 Å². The van der Waals surface area contributed by atoms with Gasteiger partial charge in [-0.25, -0.2) is 8.42 Å². The van der Waals surface area contributed by atoms with Gasteiger partial charge in [0.15, 0.2) is 0 Å². The van der Waals surface area contributed by atoms with E-state index in [1.807, 2.05) is 0 Å². The van der Waals surface area contributed by atoms with E-state index in [1.165, 1.54) is 24.0 Å². The molecule has 0 bridgehead atoms. The summed E-state index contributed by atoms with van der Waals surface area (Å²) in [6.45, 7) is 0.872. The Bertz CT molecular complexity index is 535. The second kappa shape index (κ2) is 5.25. The monoisotopic (exact) mass is 279 g/mol. The average Bonchev–Trinajstić information content (AvgIpc) is 3.22. The molecule has 1 heterocycles. The van der Waals surface area contributed by atoms with Gasteiger partial charge in [-0.3, -0.25) is 0 Å². The van der Waals surface area contributed by atoms with Crippen molar-refractivity contribution < 1.29 is 8.42 Å². The minimum atomic E-state index is -2.75. The summed E-state index contributed by atoms with van der Waals surface area (Å²) in [7, 11) is -2.75. The Kier molecular flexibility index (Phi) is 3.63. The first kappa shape index (κ1) is 13.1. The van der Waals surface area contributed by atoms with Gasteiger partial charge in [0.1, 0.15) is 9.84 Å². The molecule has 4 heteroatoms. The lowest BCUT2D eigenvalue weighted by molar-refractivity contribution is 0.462. The molecule has 1 aromatic carbocycles. The molecule has 1 aromatic rings. The molecule has 1 N–H and O–H groups in total. The van der Waals surface area contributed by atoms with Crippen LogP contribution in [0.1, 0.15) is 42.7 Å². The molecule has 1 saturated heterocycles. The Morgan fingerprint density at radius 1 is 1.05 bits per heavy atom. The predicted molar refractivity (Wildman–Crippen MR) is 76.9 cm³/mol. The molecule has 1 aliphatic heterocycles. The summed E-state index contributed by atoms with van der Waals surface area (Å²) in [5, 5.41) is 3.53. The molecular formula is C15H21NO2S. The fraction of sp³-hybridized carbons (Fsp3) is 0.600. The van der Waals surface area contributed by atoms with Crippen LogP contribution in [-0.4, -0.2) is 26.0 Å². The fourth-order valence-corrected chi connectivity index (χ4v) is 4.33. The van der Waals surface area contributed by atoms with Crippen LogP contribution in [0.2, 0.25) is 0 Å². The lowest BCUT2D eigenvalue weighted by atomic mass is 10.0. The molecule has 19 heavy (non-hydrogen) atoms. The van der Waals surface area contributed by atoms with Crippen molar-refractivity contribution in [3.8, 4) is 0 Å². The van der Waals surface area contributed by atoms with Crippen LogP contribution in [0.5, 0.6) is 0 Å². The van der Waals surface area contributed by atoms with E-state index in [9.17, 15) is 8.42 Å². The predicted octanol–water partition coefficient (Wildman–Crippen LogP) is 2.23. The van der Waals surface area contributed by atoms with E-state index < -0.39 is 9.84 Å². The minimum Gasteiger partial charge on any atom is -0.310 e. The third-order valence-corrected chi connectivity index (χ3v) is 5.92. The maximum Gasteiger partial charge on any atom is 0.150 e. The SMILES string of the molecule is O=S1(=O)CCC(NCc2ccccc2C2CC2)CC1. The molecule has 0 unspecified atom stereocenters. The maximum absolute atomic E-state index is 11.4. The number of benzene rings is 1. The quantitative estimate of drug-likeness (QED) is 0.919. The van der Waals surface area contributed by atoms with Gasteiger partial charge in [0.25, 0.3) is 0 Å². The third-order valence-electron chi connectivity index (χ3n) is 4.21. The molecule has 0 amide bonds. The molecule has 1 aliphatic carbocycles. The minimum absolute atomic E-state index is 0.342. The van der Waals surface area contributed by atoms with E-state index in [4.69, 9.17) is 0 Å². The smallest absolute Gasteiger partial charge is 0.150 e. The van der Waals surface area contributed by atoms with Crippen LogP contribution in [0, 0.1) is 0 Å². The van der Waals surface area contributed by atoms with Crippen LogP contribution in [0.25, 0.3) is 0 Å². The number of hydrogen-bond acceptors (Lipinski definition) is 3. The number of nitrogens with one attached hydrogen (secondary N) is 1. The molecule has 0 atom stereocenters. The van der Waals surface area contributed by atoms with Crippen molar-refractivity contribution in [1.82, 2.24) is 5.32 Å². The summed E-state index contributed by atoms with van der Waals surface area (Å²) < 4.78 is 22.8. The summed E-state index contributed by atoms with van der Waals surface area (Å²) in [4.78, 5) is 0. The average molecular weight is 279 g/mol. The van der Waals surface area contributed by atoms with Crippen molar-refractivity contribution in [1.29, 1.82) is 0 Å². The zero-order valence-corrected chi connectivity index (χ0v) is 12.0. The molecule has 2 fully saturated rings. The normalized spacial score (nSPS) is 23.4. The van der Waals surface area contributed by atoms with Crippen LogP contribution >= 0.6 is 0 Å². The van der Waals surface area contributed by atoms with Crippen molar-refractivity contribution >= 4 is 9.84 Å². The van der Waals surface area contributed by atoms with Crippen LogP contribution in [-0.2, 0) is 16.4 Å². The molecule has 3 rings (SSSR count). The van der Waals surface area contributed by atoms with Gasteiger partial charge in [-0.2, -0.15) is 0 Å². The largest absolute Gasteiger partial charge is 0.310 e. The van der Waals surface area contributed by atoms with Crippen LogP contribution in [0.4, 0.5) is 0 Å². The van der Waals surface area contributed by atoms with Gasteiger partial charge in [0.2, 0.25) is 0 Å². The van der Waals surface area contributed by atoms with E-state index in [0.29, 0.717) is 17.5 Å². The number of sulfone groups is 1. The highest BCUT2D eigenvalue weighted by Gasteiger charge is 2.26. The molecular weight excluding hydrogens is 258 g/mol. The van der Waals surface area contributed by atoms with Crippen LogP contribution in [0.15, 0.2) is 24.3 Å². The molecule has 0 spiro atoms. The first-order valence-electron chi connectivity index (χ1n) is 7.16. The Labute approximate surface area is 115 Å². The highest BCUT2D eigenvalue weighted by molar-refractivity contribution is 7.91. The van der Waals surface area contributed by atoms with Crippen LogP contribution in [0.3, 0.4) is 0 Å². The first-order valence-corrected chi connectivity index (χ1v) is 8.98. The van der Waals surface area contributed by atoms with Gasteiger partial charge in [-0.15, -0.1) is 0 Å². The van der Waals surface area contributed by atoms with Gasteiger partial charge in [-0.1, -0.05) is 24.3 Å². The van der Waals surface area contributed by atoms with Gasteiger partial charge in [-0.05, 0) is 42.7 Å². The number of rotatable bonds is 4. The molecule has 2 aliphatic rings. The Hall–Kier alpha value is -0.870. The van der Waals surface area contributed by atoms with Gasteiger partial charge in [0, 0.05) is 12.6 Å².